The number of aromatic nitrogens is 2. The molecule has 27 heavy (non-hydrogen) atoms. The van der Waals surface area contributed by atoms with E-state index in [-0.39, 0.29) is 5.56 Å². The van der Waals surface area contributed by atoms with Gasteiger partial charge in [-0.3, -0.25) is 0 Å². The molecule has 2 nitrogen and oxygen atoms in total. The molecule has 1 aliphatic carbocycles. The van der Waals surface area contributed by atoms with Crippen LogP contribution in [0.1, 0.15) is 70.1 Å². The van der Waals surface area contributed by atoms with Gasteiger partial charge in [-0.1, -0.05) is 58.4 Å². The van der Waals surface area contributed by atoms with Crippen molar-refractivity contribution in [3.8, 4) is 11.3 Å². The zero-order valence-corrected chi connectivity index (χ0v) is 16.5. The third-order valence-electron chi connectivity index (χ3n) is 6.03. The largest absolute Gasteiger partial charge is 0.203 e. The van der Waals surface area contributed by atoms with Crippen LogP contribution in [-0.2, 0) is 12.8 Å². The molecule has 0 aliphatic heterocycles. The van der Waals surface area contributed by atoms with Gasteiger partial charge in [0.05, 0.1) is 11.4 Å². The van der Waals surface area contributed by atoms with Crippen LogP contribution >= 0.6 is 0 Å². The monoisotopic (exact) mass is 372 g/mol. The minimum atomic E-state index is -0.823. The zero-order valence-electron chi connectivity index (χ0n) is 16.5. The molecule has 0 saturated heterocycles. The van der Waals surface area contributed by atoms with E-state index in [1.807, 2.05) is 13.0 Å². The van der Waals surface area contributed by atoms with Gasteiger partial charge in [-0.05, 0) is 54.9 Å². The quantitative estimate of drug-likeness (QED) is 0.553. The summed E-state index contributed by atoms with van der Waals surface area (Å²) in [5.41, 5.74) is 1.92. The Morgan fingerprint density at radius 3 is 2.22 bits per heavy atom. The third kappa shape index (κ3) is 4.91. The van der Waals surface area contributed by atoms with E-state index >= 15 is 0 Å². The van der Waals surface area contributed by atoms with E-state index in [0.29, 0.717) is 17.7 Å². The Bertz CT molecular complexity index is 735. The number of aryl methyl sites for hydroxylation is 2. The molecule has 3 rings (SSSR count). The molecule has 0 amide bonds. The molecular weight excluding hydrogens is 342 g/mol. The number of nitrogens with zero attached hydrogens (tertiary/aromatic N) is 2. The first kappa shape index (κ1) is 19.9. The highest BCUT2D eigenvalue weighted by atomic mass is 19.2. The lowest BCUT2D eigenvalue weighted by atomic mass is 9.79. The second-order valence-electron chi connectivity index (χ2n) is 7.89. The fourth-order valence-electron chi connectivity index (χ4n) is 4.17. The Morgan fingerprint density at radius 2 is 1.59 bits per heavy atom. The molecule has 0 spiro atoms. The van der Waals surface area contributed by atoms with Crippen LogP contribution in [0.5, 0.6) is 0 Å². The number of rotatable bonds is 7. The second kappa shape index (κ2) is 9.38. The maximum absolute atomic E-state index is 14.4. The molecule has 0 radical (unpaired) electrons. The van der Waals surface area contributed by atoms with Gasteiger partial charge in [0.2, 0.25) is 0 Å². The average Bonchev–Trinajstić information content (AvgIpc) is 2.71. The Kier molecular flexibility index (Phi) is 6.92. The highest BCUT2D eigenvalue weighted by Crippen LogP contribution is 2.33. The number of hydrogen-bond donors (Lipinski definition) is 0. The van der Waals surface area contributed by atoms with Crippen LogP contribution in [0, 0.1) is 23.5 Å². The molecule has 1 fully saturated rings. The van der Waals surface area contributed by atoms with Crippen molar-refractivity contribution < 1.29 is 8.78 Å². The first-order chi connectivity index (χ1) is 13.1. The van der Waals surface area contributed by atoms with Gasteiger partial charge in [-0.2, -0.15) is 10.2 Å². The molecule has 1 heterocycles. The molecule has 1 aliphatic rings. The summed E-state index contributed by atoms with van der Waals surface area (Å²) in [6.07, 6.45) is 10.0. The van der Waals surface area contributed by atoms with Crippen molar-refractivity contribution in [2.75, 3.05) is 0 Å². The van der Waals surface area contributed by atoms with Crippen molar-refractivity contribution in [3.63, 3.8) is 0 Å². The van der Waals surface area contributed by atoms with Crippen molar-refractivity contribution in [3.05, 3.63) is 47.2 Å². The van der Waals surface area contributed by atoms with E-state index in [9.17, 15) is 8.78 Å². The van der Waals surface area contributed by atoms with Crippen LogP contribution in [0.4, 0.5) is 8.78 Å². The van der Waals surface area contributed by atoms with Crippen molar-refractivity contribution in [2.45, 2.75) is 71.6 Å². The van der Waals surface area contributed by atoms with E-state index in [4.69, 9.17) is 0 Å². The van der Waals surface area contributed by atoms with Gasteiger partial charge in [0.1, 0.15) is 0 Å². The van der Waals surface area contributed by atoms with Gasteiger partial charge in [-0.25, -0.2) is 8.78 Å². The standard InChI is InChI=1S/C23H30F2N2/c1-3-5-18-11-14-20(23(25)22(18)24)21-15-13-19(26-27-21)12-10-17-8-6-16(4-2)7-9-17/h11,13-17H,3-10,12H2,1-2H3. The van der Waals surface area contributed by atoms with Crippen LogP contribution in [0.25, 0.3) is 11.3 Å². The number of benzene rings is 1. The number of halogens is 2. The highest BCUT2D eigenvalue weighted by molar-refractivity contribution is 5.60. The molecule has 0 N–H and O–H groups in total. The SMILES string of the molecule is CCCc1ccc(-c2ccc(CCC3CCC(CC)CC3)nn2)c(F)c1F. The van der Waals surface area contributed by atoms with Gasteiger partial charge in [0, 0.05) is 5.56 Å². The smallest absolute Gasteiger partial charge is 0.168 e. The molecule has 0 bridgehead atoms. The van der Waals surface area contributed by atoms with Crippen molar-refractivity contribution in [2.24, 2.45) is 11.8 Å². The Balaban J connectivity index is 1.61. The first-order valence-electron chi connectivity index (χ1n) is 10.4. The lowest BCUT2D eigenvalue weighted by Gasteiger charge is -2.27. The van der Waals surface area contributed by atoms with Crippen LogP contribution < -0.4 is 0 Å². The van der Waals surface area contributed by atoms with Crippen molar-refractivity contribution in [1.29, 1.82) is 0 Å². The summed E-state index contributed by atoms with van der Waals surface area (Å²) in [7, 11) is 0. The normalized spacial score (nSPS) is 20.0. The van der Waals surface area contributed by atoms with E-state index in [1.165, 1.54) is 32.1 Å². The summed E-state index contributed by atoms with van der Waals surface area (Å²) in [6, 6.07) is 6.92. The molecule has 2 aromatic rings. The Morgan fingerprint density at radius 1 is 0.852 bits per heavy atom. The average molecular weight is 373 g/mol. The molecule has 1 aromatic heterocycles. The molecule has 4 heteroatoms. The second-order valence-corrected chi connectivity index (χ2v) is 7.89. The molecule has 146 valence electrons. The van der Waals surface area contributed by atoms with E-state index < -0.39 is 11.6 Å². The fourth-order valence-corrected chi connectivity index (χ4v) is 4.17. The van der Waals surface area contributed by atoms with Crippen LogP contribution in [-0.4, -0.2) is 10.2 Å². The van der Waals surface area contributed by atoms with Crippen molar-refractivity contribution in [1.82, 2.24) is 10.2 Å². The molecule has 1 aromatic carbocycles. The fraction of sp³-hybridized carbons (Fsp3) is 0.565. The van der Waals surface area contributed by atoms with Gasteiger partial charge >= 0.3 is 0 Å². The van der Waals surface area contributed by atoms with Crippen LogP contribution in [0.15, 0.2) is 24.3 Å². The predicted octanol–water partition coefficient (Wildman–Crippen LogP) is 6.52. The van der Waals surface area contributed by atoms with Crippen LogP contribution in [0.3, 0.4) is 0 Å². The minimum absolute atomic E-state index is 0.185. The summed E-state index contributed by atoms with van der Waals surface area (Å²) in [5, 5.41) is 8.42. The van der Waals surface area contributed by atoms with E-state index in [0.717, 1.165) is 36.8 Å². The summed E-state index contributed by atoms with van der Waals surface area (Å²) in [4.78, 5) is 0. The highest BCUT2D eigenvalue weighted by Gasteiger charge is 2.20. The lowest BCUT2D eigenvalue weighted by molar-refractivity contribution is 0.258. The Hall–Kier alpha value is -1.84. The van der Waals surface area contributed by atoms with E-state index in [2.05, 4.69) is 17.1 Å². The molecular formula is C23H30F2N2. The summed E-state index contributed by atoms with van der Waals surface area (Å²) >= 11 is 0. The number of hydrogen-bond acceptors (Lipinski definition) is 2. The lowest BCUT2D eigenvalue weighted by Crippen LogP contribution is -2.14. The van der Waals surface area contributed by atoms with Crippen LogP contribution in [0.2, 0.25) is 0 Å². The van der Waals surface area contributed by atoms with Gasteiger partial charge < -0.3 is 0 Å². The molecule has 1 saturated carbocycles. The van der Waals surface area contributed by atoms with Gasteiger partial charge in [0.25, 0.3) is 0 Å². The molecule has 0 unspecified atom stereocenters. The van der Waals surface area contributed by atoms with Gasteiger partial charge in [0.15, 0.2) is 11.6 Å². The first-order valence-corrected chi connectivity index (χ1v) is 10.4. The third-order valence-corrected chi connectivity index (χ3v) is 6.03. The predicted molar refractivity (Wildman–Crippen MR) is 105 cm³/mol. The maximum atomic E-state index is 14.4. The zero-order chi connectivity index (χ0) is 19.2. The topological polar surface area (TPSA) is 25.8 Å². The summed E-state index contributed by atoms with van der Waals surface area (Å²) < 4.78 is 28.6. The summed E-state index contributed by atoms with van der Waals surface area (Å²) in [5.74, 6) is 0.116. The van der Waals surface area contributed by atoms with E-state index in [1.54, 1.807) is 18.2 Å². The van der Waals surface area contributed by atoms with Crippen molar-refractivity contribution >= 4 is 0 Å². The summed E-state index contributed by atoms with van der Waals surface area (Å²) in [6.45, 7) is 4.24. The maximum Gasteiger partial charge on any atom is 0.168 e. The minimum Gasteiger partial charge on any atom is -0.203 e. The van der Waals surface area contributed by atoms with Gasteiger partial charge in [-0.15, -0.1) is 0 Å². The Labute approximate surface area is 161 Å². The molecule has 0 atom stereocenters.